The van der Waals surface area contributed by atoms with Gasteiger partial charge >= 0.3 is 32.2 Å². The third-order valence-corrected chi connectivity index (χ3v) is 25.7. The van der Waals surface area contributed by atoms with Crippen molar-refractivity contribution in [3.05, 3.63) is 196 Å². The van der Waals surface area contributed by atoms with Crippen LogP contribution in [0.25, 0.3) is 22.5 Å². The number of aliphatic hydroxyl groups excluding tert-OH is 2. The summed E-state index contributed by atoms with van der Waals surface area (Å²) in [5.41, 5.74) is 8.96. The summed E-state index contributed by atoms with van der Waals surface area (Å²) < 4.78 is 24.0. The average Bonchev–Trinajstić information content (AvgIpc) is 1.66. The molecule has 6 amide bonds. The third kappa shape index (κ3) is 25.6. The Labute approximate surface area is 731 Å². The lowest BCUT2D eigenvalue weighted by molar-refractivity contribution is -0.107. The number of fused-ring (bicyclic) bond motifs is 3. The number of aromatic nitrogens is 6. The number of nitrogens with one attached hydrogen (secondary N) is 6. The quantitative estimate of drug-likeness (QED) is 0.0425. The van der Waals surface area contributed by atoms with Crippen molar-refractivity contribution in [1.29, 1.82) is 0 Å². The molecule has 26 nitrogen and oxygen atoms in total. The second-order valence-electron chi connectivity index (χ2n) is 29.5. The lowest BCUT2D eigenvalue weighted by Gasteiger charge is -2.32. The molecule has 7 aromatic heterocycles. The third-order valence-electron chi connectivity index (χ3n) is 19.9. The van der Waals surface area contributed by atoms with Gasteiger partial charge in [0.25, 0.3) is 0 Å². The number of carbonyl (C=O) groups is 6. The smallest absolute Gasteiger partial charge is 0.411 e. The number of hydrogen-bond acceptors (Lipinski definition) is 21. The highest BCUT2D eigenvalue weighted by Gasteiger charge is 2.53. The number of halogens is 5. The van der Waals surface area contributed by atoms with Gasteiger partial charge in [0.1, 0.15) is 12.3 Å². The standard InChI is InChI=1S/C18H17ClN4O2S.C18H15ClN4O2S.C13H12BrClN4O.C11H15BO3S.C6H12B2O2.C6H14O2.C5H3BrOS.CH4O.CH4/c2*19-11-2-1-3-12(8-11)20-18(25)23-6-4-15-14(9-23)17(22-21-15)13-5-7-26-16(13)10-24;14-12-10-7-19(5-4-11(10)17-18-12)13(20)16-9-3-1-2-8(15)6-9;1-10(2)11(3,4)15-12(14-10)8-5-6-16-9(8)7-13;1-5(2)6(3,4)10-8(7)9-5;1-5(2,7)6(3,4)8;6-4-1-2-8-5(4)3-7;1-2;/h1-3,5,7-8,24H,4,6,9-10H2,(H,20,25)(H,21,22);1-3,5,7-8,10H,4,6,9H2,(H,20,25)(H,21,22);1-3,6H,4-5,7H2,(H,16,20)(H,17,18);5-7H,1-4H3;1-4H3;7-8H,1-4H3;1-3H;2H,1H3;1H4. The van der Waals surface area contributed by atoms with E-state index < -0.39 is 25.3 Å². The van der Waals surface area contributed by atoms with Gasteiger partial charge < -0.3 is 69.7 Å². The zero-order valence-electron chi connectivity index (χ0n) is 66.2. The van der Waals surface area contributed by atoms with E-state index in [1.165, 1.54) is 45.3 Å². The molecule has 5 aliphatic rings. The zero-order chi connectivity index (χ0) is 85.3. The number of urea groups is 3. The molecule has 624 valence electrons. The Morgan fingerprint density at radius 1 is 0.538 bits per heavy atom. The van der Waals surface area contributed by atoms with Crippen LogP contribution in [0.5, 0.6) is 0 Å². The molecule has 117 heavy (non-hydrogen) atoms. The fourth-order valence-electron chi connectivity index (χ4n) is 11.3. The second-order valence-corrected chi connectivity index (χ2v) is 36.3. The van der Waals surface area contributed by atoms with Gasteiger partial charge in [-0.3, -0.25) is 29.7 Å². The van der Waals surface area contributed by atoms with Crippen LogP contribution in [-0.2, 0) is 64.1 Å². The molecular weight excluding hydrogens is 1770 g/mol. The molecule has 0 atom stereocenters. The Morgan fingerprint density at radius 2 is 0.897 bits per heavy atom. The number of benzene rings is 3. The van der Waals surface area contributed by atoms with Crippen molar-refractivity contribution in [3.63, 3.8) is 0 Å². The lowest BCUT2D eigenvalue weighted by Crippen LogP contribution is -2.44. The number of anilines is 3. The minimum atomic E-state index is -1.01. The minimum Gasteiger partial charge on any atom is -0.411 e. The molecule has 0 saturated carbocycles. The number of amides is 6. The van der Waals surface area contributed by atoms with Gasteiger partial charge in [-0.15, -0.1) is 45.3 Å². The van der Waals surface area contributed by atoms with E-state index in [0.717, 1.165) is 113 Å². The molecule has 0 aliphatic carbocycles. The molecule has 2 fully saturated rings. The summed E-state index contributed by atoms with van der Waals surface area (Å²) in [4.78, 5) is 77.9. The van der Waals surface area contributed by atoms with E-state index in [9.17, 15) is 33.9 Å². The molecule has 12 heterocycles. The van der Waals surface area contributed by atoms with Gasteiger partial charge in [-0.05, 0) is 209 Å². The maximum Gasteiger partial charge on any atom is 0.496 e. The first-order chi connectivity index (χ1) is 54.8. The Hall–Kier alpha value is -7.39. The van der Waals surface area contributed by atoms with Crippen LogP contribution < -0.4 is 21.4 Å². The monoisotopic (exact) mass is 1860 g/mol. The van der Waals surface area contributed by atoms with Crippen LogP contribution in [0.2, 0.25) is 15.1 Å². The summed E-state index contributed by atoms with van der Waals surface area (Å²) in [7, 11) is 5.44. The van der Waals surface area contributed by atoms with Crippen LogP contribution in [0.15, 0.2) is 128 Å². The molecule has 0 spiro atoms. The number of carbonyl (C=O) groups excluding carboxylic acids is 6. The molecule has 0 bridgehead atoms. The highest BCUT2D eigenvalue weighted by atomic mass is 79.9. The molecule has 2 radical (unpaired) electrons. The summed E-state index contributed by atoms with van der Waals surface area (Å²) in [5.74, 6) is 0. The lowest BCUT2D eigenvalue weighted by atomic mass is 9.63. The van der Waals surface area contributed by atoms with Crippen LogP contribution in [0.4, 0.5) is 31.4 Å². The van der Waals surface area contributed by atoms with Crippen molar-refractivity contribution in [1.82, 2.24) is 45.3 Å². The first kappa shape index (κ1) is 96.7. The normalized spacial score (nSPS) is 15.6. The number of nitrogens with zero attached hydrogens (tertiary/aromatic N) is 6. The van der Waals surface area contributed by atoms with E-state index >= 15 is 0 Å². The van der Waals surface area contributed by atoms with Gasteiger partial charge in [-0.2, -0.15) is 15.3 Å². The SMILES string of the molecule is C.CC(C)(O)C(C)(C)O.CC1(C)OB(c2ccsc2C=O)OC1(C)C.CO.O=C(Nc1cccc(Cl)c1)N1CCc2[nH]nc(-c3ccsc3CO)c2C1.O=C(Nc1cccc(Cl)c1)N1CCc2[nH]nc(Br)c2C1.O=Cc1sccc1-c1n[nH]c2c1CN(C(=O)Nc1cccc(Cl)c1)CC2.O=Cc1sccc1Br.[B]B1OC(C)(C)C(C)(C)O1. The van der Waals surface area contributed by atoms with E-state index in [0.29, 0.717) is 94.0 Å². The topological polar surface area (TPSA) is 352 Å². The Balaban J connectivity index is 0.000000196. The molecular formula is C79H96B3Br2Cl3N12O14S4. The van der Waals surface area contributed by atoms with Gasteiger partial charge in [-0.1, -0.05) is 66.5 Å². The molecule has 0 unspecified atom stereocenters. The van der Waals surface area contributed by atoms with E-state index in [1.807, 2.05) is 107 Å². The number of hydrogen-bond donors (Lipinski definition) is 10. The van der Waals surface area contributed by atoms with Gasteiger partial charge in [0.2, 0.25) is 0 Å². The Bertz CT molecular complexity index is 4940. The molecule has 38 heteroatoms. The maximum atomic E-state index is 12.6. The minimum absolute atomic E-state index is 0. The van der Waals surface area contributed by atoms with Crippen molar-refractivity contribution in [3.8, 4) is 22.5 Å². The summed E-state index contributed by atoms with van der Waals surface area (Å²) in [6, 6.07) is 28.3. The maximum absolute atomic E-state index is 12.6. The first-order valence-corrected chi connectivity index (χ1v) is 42.6. The number of H-pyrrole nitrogens is 3. The Kier molecular flexibility index (Phi) is 35.3. The van der Waals surface area contributed by atoms with E-state index in [2.05, 4.69) is 78.4 Å². The molecule has 10 N–H and O–H groups in total. The predicted molar refractivity (Wildman–Crippen MR) is 477 cm³/mol. The van der Waals surface area contributed by atoms with Crippen molar-refractivity contribution in [2.24, 2.45) is 0 Å². The second kappa shape index (κ2) is 42.7. The number of aldehydes is 3. The van der Waals surface area contributed by atoms with Crippen LogP contribution in [-0.4, -0.2) is 185 Å². The van der Waals surface area contributed by atoms with Crippen molar-refractivity contribution in [2.45, 2.75) is 170 Å². The summed E-state index contributed by atoms with van der Waals surface area (Å²) in [6.45, 7) is 25.5. The zero-order valence-corrected chi connectivity index (χ0v) is 74.9. The summed E-state index contributed by atoms with van der Waals surface area (Å²) in [5, 5.41) is 74.7. The average molecular weight is 1860 g/mol. The van der Waals surface area contributed by atoms with Gasteiger partial charge in [0.05, 0.1) is 85.9 Å². The summed E-state index contributed by atoms with van der Waals surface area (Å²) in [6.07, 6.45) is 4.71. The molecule has 3 aromatic carbocycles. The largest absolute Gasteiger partial charge is 0.496 e. The van der Waals surface area contributed by atoms with Gasteiger partial charge in [-0.25, -0.2) is 14.4 Å². The van der Waals surface area contributed by atoms with E-state index in [-0.39, 0.29) is 54.5 Å². The number of rotatable bonds is 11. The molecule has 10 aromatic rings. The van der Waals surface area contributed by atoms with Crippen molar-refractivity contribution in [2.75, 3.05) is 42.7 Å². The van der Waals surface area contributed by atoms with E-state index in [4.69, 9.17) is 76.5 Å². The fourth-order valence-corrected chi connectivity index (χ4v) is 15.7. The molecule has 2 saturated heterocycles. The first-order valence-electron chi connectivity index (χ1n) is 36.3. The number of aromatic amines is 3. The highest BCUT2D eigenvalue weighted by Crippen LogP contribution is 2.40. The summed E-state index contributed by atoms with van der Waals surface area (Å²) >= 11 is 30.2. The van der Waals surface area contributed by atoms with Crippen LogP contribution >= 0.6 is 112 Å². The van der Waals surface area contributed by atoms with Crippen molar-refractivity contribution < 1.29 is 67.8 Å². The van der Waals surface area contributed by atoms with E-state index in [1.54, 1.807) is 109 Å². The van der Waals surface area contributed by atoms with Crippen LogP contribution in [0, 0.1) is 0 Å². The van der Waals surface area contributed by atoms with Crippen molar-refractivity contribution >= 4 is 193 Å². The number of thiophene rings is 4. The fraction of sp³-hybridized carbons (Fsp3) is 0.380. The number of aliphatic hydroxyl groups is 4. The van der Waals surface area contributed by atoms with Gasteiger partial charge in [0, 0.05) is 138 Å². The highest BCUT2D eigenvalue weighted by molar-refractivity contribution is 9.10. The van der Waals surface area contributed by atoms with Crippen LogP contribution in [0.3, 0.4) is 0 Å². The predicted octanol–water partition coefficient (Wildman–Crippen LogP) is 17.2. The molecule has 15 rings (SSSR count). The molecule has 5 aliphatic heterocycles. The van der Waals surface area contributed by atoms with Gasteiger partial charge in [0.15, 0.2) is 18.9 Å². The Morgan fingerprint density at radius 3 is 1.27 bits per heavy atom. The van der Waals surface area contributed by atoms with Crippen LogP contribution in [0.1, 0.15) is 158 Å².